The summed E-state index contributed by atoms with van der Waals surface area (Å²) in [4.78, 5) is 25.4. The lowest BCUT2D eigenvalue weighted by atomic mass is 9.67. The lowest BCUT2D eigenvalue weighted by Crippen LogP contribution is -2.43. The number of H-pyrrole nitrogens is 1. The third kappa shape index (κ3) is 2.15. The zero-order valence-corrected chi connectivity index (χ0v) is 15.3. The van der Waals surface area contributed by atoms with E-state index in [2.05, 4.69) is 15.5 Å². The van der Waals surface area contributed by atoms with E-state index in [1.54, 1.807) is 13.0 Å². The van der Waals surface area contributed by atoms with E-state index in [1.807, 2.05) is 25.1 Å². The molecule has 1 spiro atoms. The smallest absolute Gasteiger partial charge is 0.311 e. The van der Waals surface area contributed by atoms with Crippen LogP contribution in [0.4, 0.5) is 5.69 Å². The number of nitriles is 1. The molecule has 0 saturated carbocycles. The SMILES string of the molecule is CCOC(=O)Cc1[nH]nc2c1C1(C(=O)Nc3cccc(C)c31)C(C#N)=C(N)O2. The number of nitrogens with two attached hydrogens (primary N) is 1. The second kappa shape index (κ2) is 6.13. The number of nitrogens with one attached hydrogen (secondary N) is 2. The summed E-state index contributed by atoms with van der Waals surface area (Å²) < 4.78 is 10.5. The second-order valence-corrected chi connectivity index (χ2v) is 6.52. The van der Waals surface area contributed by atoms with Crippen LogP contribution in [-0.2, 0) is 26.2 Å². The van der Waals surface area contributed by atoms with Crippen LogP contribution in [0.3, 0.4) is 0 Å². The fourth-order valence-corrected chi connectivity index (χ4v) is 3.98. The minimum atomic E-state index is -1.55. The molecule has 2 aliphatic rings. The molecule has 9 nitrogen and oxygen atoms in total. The first-order valence-electron chi connectivity index (χ1n) is 8.68. The molecular formula is C19H17N5O4. The lowest BCUT2D eigenvalue weighted by Gasteiger charge is -2.32. The van der Waals surface area contributed by atoms with Gasteiger partial charge in [-0.2, -0.15) is 5.26 Å². The number of carbonyl (C=O) groups is 2. The Hall–Kier alpha value is -3.80. The maximum Gasteiger partial charge on any atom is 0.311 e. The van der Waals surface area contributed by atoms with Crippen molar-refractivity contribution in [1.29, 1.82) is 5.26 Å². The Morgan fingerprint density at radius 1 is 1.43 bits per heavy atom. The van der Waals surface area contributed by atoms with Crippen LogP contribution in [0.15, 0.2) is 29.7 Å². The van der Waals surface area contributed by atoms with Gasteiger partial charge in [0.25, 0.3) is 0 Å². The highest BCUT2D eigenvalue weighted by Gasteiger charge is 2.59. The Kier molecular flexibility index (Phi) is 3.85. The number of ether oxygens (including phenoxy) is 2. The highest BCUT2D eigenvalue weighted by Crippen LogP contribution is 2.54. The van der Waals surface area contributed by atoms with E-state index in [0.29, 0.717) is 22.5 Å². The van der Waals surface area contributed by atoms with Crippen LogP contribution in [0.1, 0.15) is 29.3 Å². The van der Waals surface area contributed by atoms with E-state index in [-0.39, 0.29) is 30.4 Å². The average molecular weight is 379 g/mol. The molecule has 142 valence electrons. The Labute approximate surface area is 160 Å². The predicted molar refractivity (Wildman–Crippen MR) is 97.0 cm³/mol. The quantitative estimate of drug-likeness (QED) is 0.679. The number of carbonyl (C=O) groups excluding carboxylic acids is 2. The molecule has 28 heavy (non-hydrogen) atoms. The van der Waals surface area contributed by atoms with Gasteiger partial charge in [-0.15, -0.1) is 5.10 Å². The number of fused-ring (bicyclic) bond motifs is 4. The number of amides is 1. The van der Waals surface area contributed by atoms with Gasteiger partial charge in [0, 0.05) is 11.3 Å². The summed E-state index contributed by atoms with van der Waals surface area (Å²) in [6, 6.07) is 7.43. The van der Waals surface area contributed by atoms with Crippen LogP contribution < -0.4 is 15.8 Å². The van der Waals surface area contributed by atoms with Crippen LogP contribution in [0.5, 0.6) is 5.88 Å². The van der Waals surface area contributed by atoms with Gasteiger partial charge in [0.2, 0.25) is 17.7 Å². The number of hydrogen-bond donors (Lipinski definition) is 3. The zero-order valence-electron chi connectivity index (χ0n) is 15.3. The van der Waals surface area contributed by atoms with E-state index in [0.717, 1.165) is 5.56 Å². The standard InChI is InChI=1S/C19H17N5O4/c1-3-27-13(25)7-12-15-17(24-23-12)28-16(21)10(8-20)19(15)14-9(2)5-4-6-11(14)22-18(19)26/h4-6H,3,7,21H2,1-2H3,(H,22,26)(H,23,24). The van der Waals surface area contributed by atoms with Crippen molar-refractivity contribution in [2.75, 3.05) is 11.9 Å². The summed E-state index contributed by atoms with van der Waals surface area (Å²) >= 11 is 0. The van der Waals surface area contributed by atoms with Gasteiger partial charge in [-0.1, -0.05) is 12.1 Å². The second-order valence-electron chi connectivity index (χ2n) is 6.52. The number of benzene rings is 1. The number of nitrogens with zero attached hydrogens (tertiary/aromatic N) is 2. The largest absolute Gasteiger partial charge is 0.466 e. The number of hydrogen-bond acceptors (Lipinski definition) is 7. The first-order chi connectivity index (χ1) is 13.4. The summed E-state index contributed by atoms with van der Waals surface area (Å²) in [6.07, 6.45) is -0.158. The number of aromatic amines is 1. The third-order valence-electron chi connectivity index (χ3n) is 4.99. The molecule has 1 atom stereocenters. The Balaban J connectivity index is 2.04. The van der Waals surface area contributed by atoms with Crippen molar-refractivity contribution < 1.29 is 19.1 Å². The molecule has 1 aromatic carbocycles. The van der Waals surface area contributed by atoms with Crippen molar-refractivity contribution in [2.45, 2.75) is 25.7 Å². The summed E-state index contributed by atoms with van der Waals surface area (Å²) in [5.74, 6) is -1.08. The minimum Gasteiger partial charge on any atom is -0.466 e. The molecule has 9 heteroatoms. The Morgan fingerprint density at radius 2 is 2.21 bits per heavy atom. The first kappa shape index (κ1) is 17.6. The van der Waals surface area contributed by atoms with Gasteiger partial charge in [-0.25, -0.2) is 0 Å². The fourth-order valence-electron chi connectivity index (χ4n) is 3.98. The average Bonchev–Trinajstić information content (AvgIpc) is 3.16. The number of anilines is 1. The van der Waals surface area contributed by atoms with E-state index in [1.165, 1.54) is 0 Å². The van der Waals surface area contributed by atoms with E-state index >= 15 is 0 Å². The van der Waals surface area contributed by atoms with Crippen molar-refractivity contribution in [1.82, 2.24) is 10.2 Å². The Morgan fingerprint density at radius 3 is 2.93 bits per heavy atom. The lowest BCUT2D eigenvalue weighted by molar-refractivity contribution is -0.142. The molecule has 1 unspecified atom stereocenters. The molecule has 1 amide bonds. The van der Waals surface area contributed by atoms with Crippen molar-refractivity contribution >= 4 is 17.6 Å². The van der Waals surface area contributed by atoms with E-state index in [4.69, 9.17) is 15.2 Å². The number of rotatable bonds is 3. The number of aryl methyl sites for hydroxylation is 1. The maximum atomic E-state index is 13.3. The van der Waals surface area contributed by atoms with Crippen molar-refractivity contribution in [2.24, 2.45) is 5.73 Å². The highest BCUT2D eigenvalue weighted by molar-refractivity contribution is 6.13. The fraction of sp³-hybridized carbons (Fsp3) is 0.263. The molecular weight excluding hydrogens is 362 g/mol. The molecule has 2 aliphatic heterocycles. The van der Waals surface area contributed by atoms with Crippen LogP contribution >= 0.6 is 0 Å². The molecule has 4 rings (SSSR count). The third-order valence-corrected chi connectivity index (χ3v) is 4.99. The molecule has 1 aromatic heterocycles. The van der Waals surface area contributed by atoms with Gasteiger partial charge < -0.3 is 20.5 Å². The highest BCUT2D eigenvalue weighted by atomic mass is 16.5. The van der Waals surface area contributed by atoms with E-state index < -0.39 is 17.3 Å². The molecule has 0 aliphatic carbocycles. The molecule has 3 heterocycles. The van der Waals surface area contributed by atoms with Gasteiger partial charge >= 0.3 is 5.97 Å². The summed E-state index contributed by atoms with van der Waals surface area (Å²) in [5.41, 5.74) is 6.98. The first-order valence-corrected chi connectivity index (χ1v) is 8.68. The van der Waals surface area contributed by atoms with Crippen molar-refractivity contribution in [3.05, 3.63) is 52.0 Å². The molecule has 0 radical (unpaired) electrons. The summed E-state index contributed by atoms with van der Waals surface area (Å²) in [5, 5.41) is 19.5. The number of aromatic nitrogens is 2. The molecule has 0 saturated heterocycles. The van der Waals surface area contributed by atoms with Crippen molar-refractivity contribution in [3.63, 3.8) is 0 Å². The molecule has 0 bridgehead atoms. The van der Waals surface area contributed by atoms with Crippen LogP contribution in [-0.4, -0.2) is 28.7 Å². The van der Waals surface area contributed by atoms with Gasteiger partial charge in [0.1, 0.15) is 17.1 Å². The minimum absolute atomic E-state index is 0.0444. The van der Waals surface area contributed by atoms with Crippen molar-refractivity contribution in [3.8, 4) is 11.9 Å². The summed E-state index contributed by atoms with van der Waals surface area (Å²) in [6.45, 7) is 3.76. The molecule has 4 N–H and O–H groups in total. The number of esters is 1. The zero-order chi connectivity index (χ0) is 20.1. The topological polar surface area (TPSA) is 143 Å². The summed E-state index contributed by atoms with van der Waals surface area (Å²) in [7, 11) is 0. The molecule has 0 fully saturated rings. The molecule has 2 aromatic rings. The van der Waals surface area contributed by atoms with Gasteiger partial charge in [0.05, 0.1) is 24.3 Å². The van der Waals surface area contributed by atoms with E-state index in [9.17, 15) is 14.9 Å². The van der Waals surface area contributed by atoms with Crippen LogP contribution in [0.25, 0.3) is 0 Å². The maximum absolute atomic E-state index is 13.3. The van der Waals surface area contributed by atoms with Gasteiger partial charge in [0.15, 0.2) is 0 Å². The van der Waals surface area contributed by atoms with Gasteiger partial charge in [-0.05, 0) is 25.5 Å². The predicted octanol–water partition coefficient (Wildman–Crippen LogP) is 1.15. The van der Waals surface area contributed by atoms with Crippen LogP contribution in [0.2, 0.25) is 0 Å². The van der Waals surface area contributed by atoms with Gasteiger partial charge in [-0.3, -0.25) is 14.7 Å². The Bertz CT molecular complexity index is 1090. The monoisotopic (exact) mass is 379 g/mol. The normalized spacial score (nSPS) is 19.5. The van der Waals surface area contributed by atoms with Crippen LogP contribution in [0, 0.1) is 18.3 Å².